The maximum atomic E-state index is 12.2. The molecule has 2 aromatic carbocycles. The lowest BCUT2D eigenvalue weighted by Gasteiger charge is -2.41. The van der Waals surface area contributed by atoms with E-state index in [-0.39, 0.29) is 11.1 Å². The molecule has 2 aromatic rings. The van der Waals surface area contributed by atoms with Gasteiger partial charge in [0.15, 0.2) is 0 Å². The summed E-state index contributed by atoms with van der Waals surface area (Å²) in [5.41, 5.74) is 0. The molecule has 0 aliphatic carbocycles. The molecular weight excluding hydrogens is 412 g/mol. The van der Waals surface area contributed by atoms with E-state index in [0.717, 1.165) is 74.8 Å². The topological polar surface area (TPSA) is 61.4 Å². The van der Waals surface area contributed by atoms with Crippen LogP contribution in [0.15, 0.2) is 60.7 Å². The fourth-order valence-electron chi connectivity index (χ4n) is 4.37. The van der Waals surface area contributed by atoms with Crippen molar-refractivity contribution in [2.45, 2.75) is 77.2 Å². The van der Waals surface area contributed by atoms with E-state index >= 15 is 0 Å². The van der Waals surface area contributed by atoms with Crippen molar-refractivity contribution in [3.8, 4) is 0 Å². The highest BCUT2D eigenvalue weighted by atomic mass is 28.4. The molecule has 176 valence electrons. The van der Waals surface area contributed by atoms with Crippen LogP contribution in [0.3, 0.4) is 0 Å². The highest BCUT2D eigenvalue weighted by Crippen LogP contribution is 2.40. The van der Waals surface area contributed by atoms with Crippen molar-refractivity contribution in [2.24, 2.45) is 0 Å². The standard InChI is InChI=1S/C27H42N2O2Si/c1-4-5-15-22-28-26(30)29-23-16-7-6-14-21-27(2,3)32(31,24-17-10-8-11-18-24)25-19-12-9-13-20-25/h8-13,17-20,31H,4-7,14-16,21-23H2,1-3H3,(H2,28,29,30). The Morgan fingerprint density at radius 1 is 0.781 bits per heavy atom. The van der Waals surface area contributed by atoms with Crippen LogP contribution in [-0.4, -0.2) is 32.2 Å². The van der Waals surface area contributed by atoms with E-state index in [0.29, 0.717) is 0 Å². The predicted molar refractivity (Wildman–Crippen MR) is 138 cm³/mol. The molecule has 0 aliphatic heterocycles. The molecule has 0 radical (unpaired) electrons. The van der Waals surface area contributed by atoms with Crippen LogP contribution >= 0.6 is 0 Å². The zero-order valence-electron chi connectivity index (χ0n) is 20.2. The van der Waals surface area contributed by atoms with Gasteiger partial charge in [-0.2, -0.15) is 0 Å². The molecular formula is C27H42N2O2Si. The Morgan fingerprint density at radius 3 is 1.75 bits per heavy atom. The third-order valence-electron chi connectivity index (χ3n) is 6.44. The minimum Gasteiger partial charge on any atom is -0.424 e. The van der Waals surface area contributed by atoms with Crippen molar-refractivity contribution < 1.29 is 9.59 Å². The number of urea groups is 1. The van der Waals surface area contributed by atoms with E-state index in [1.54, 1.807) is 0 Å². The summed E-state index contributed by atoms with van der Waals surface area (Å²) in [5.74, 6) is 0. The zero-order valence-corrected chi connectivity index (χ0v) is 21.2. The number of amides is 2. The average Bonchev–Trinajstić information content (AvgIpc) is 2.81. The molecule has 0 aliphatic rings. The van der Waals surface area contributed by atoms with Gasteiger partial charge in [-0.3, -0.25) is 0 Å². The minimum atomic E-state index is -2.90. The second-order valence-corrected chi connectivity index (χ2v) is 13.3. The van der Waals surface area contributed by atoms with Crippen LogP contribution in [-0.2, 0) is 0 Å². The van der Waals surface area contributed by atoms with Crippen molar-refractivity contribution >= 4 is 24.7 Å². The molecule has 5 heteroatoms. The Balaban J connectivity index is 1.81. The van der Waals surface area contributed by atoms with Crippen LogP contribution in [0, 0.1) is 0 Å². The van der Waals surface area contributed by atoms with Gasteiger partial charge in [0.1, 0.15) is 0 Å². The Hall–Kier alpha value is -2.11. The molecule has 0 atom stereocenters. The number of hydrogen-bond donors (Lipinski definition) is 3. The van der Waals surface area contributed by atoms with Gasteiger partial charge < -0.3 is 15.4 Å². The van der Waals surface area contributed by atoms with Gasteiger partial charge in [-0.25, -0.2) is 4.79 Å². The Kier molecular flexibility index (Phi) is 11.0. The van der Waals surface area contributed by atoms with Crippen molar-refractivity contribution in [3.05, 3.63) is 60.7 Å². The summed E-state index contributed by atoms with van der Waals surface area (Å²) in [6.45, 7) is 8.08. The van der Waals surface area contributed by atoms with E-state index < -0.39 is 8.32 Å². The number of carbonyl (C=O) groups excluding carboxylic acids is 1. The normalized spacial score (nSPS) is 11.9. The summed E-state index contributed by atoms with van der Waals surface area (Å²) in [4.78, 5) is 23.9. The molecule has 4 nitrogen and oxygen atoms in total. The summed E-state index contributed by atoms with van der Waals surface area (Å²) in [7, 11) is -2.90. The molecule has 0 fully saturated rings. The maximum absolute atomic E-state index is 12.2. The molecule has 3 N–H and O–H groups in total. The predicted octanol–water partition coefficient (Wildman–Crippen LogP) is 4.96. The zero-order chi connectivity index (χ0) is 23.3. The van der Waals surface area contributed by atoms with Crippen LogP contribution in [0.1, 0.15) is 72.1 Å². The van der Waals surface area contributed by atoms with Gasteiger partial charge in [-0.15, -0.1) is 0 Å². The number of rotatable bonds is 14. The highest BCUT2D eigenvalue weighted by molar-refractivity contribution is 6.98. The molecule has 0 spiro atoms. The molecule has 2 amide bonds. The molecule has 0 heterocycles. The lowest BCUT2D eigenvalue weighted by atomic mass is 10.0. The largest absolute Gasteiger partial charge is 0.424 e. The molecule has 0 aromatic heterocycles. The van der Waals surface area contributed by atoms with Crippen LogP contribution < -0.4 is 21.0 Å². The summed E-state index contributed by atoms with van der Waals surface area (Å²) in [6.07, 6.45) is 8.60. The van der Waals surface area contributed by atoms with Gasteiger partial charge >= 0.3 is 6.03 Å². The van der Waals surface area contributed by atoms with E-state index in [9.17, 15) is 9.59 Å². The lowest BCUT2D eigenvalue weighted by Crippen LogP contribution is -2.65. The van der Waals surface area contributed by atoms with E-state index in [1.165, 1.54) is 0 Å². The smallest absolute Gasteiger partial charge is 0.314 e. The first-order chi connectivity index (χ1) is 15.4. The molecule has 0 saturated carbocycles. The molecule has 0 saturated heterocycles. The maximum Gasteiger partial charge on any atom is 0.314 e. The summed E-state index contributed by atoms with van der Waals surface area (Å²) < 4.78 is 0. The molecule has 0 unspecified atom stereocenters. The number of benzene rings is 2. The average molecular weight is 455 g/mol. The van der Waals surface area contributed by atoms with Gasteiger partial charge in [0.05, 0.1) is 0 Å². The number of hydrogen-bond acceptors (Lipinski definition) is 2. The minimum absolute atomic E-state index is 0.0518. The van der Waals surface area contributed by atoms with Gasteiger partial charge in [0.2, 0.25) is 0 Å². The summed E-state index contributed by atoms with van der Waals surface area (Å²) >= 11 is 0. The fourth-order valence-corrected chi connectivity index (χ4v) is 8.16. The quantitative estimate of drug-likeness (QED) is 0.279. The third kappa shape index (κ3) is 7.49. The Labute approximate surface area is 196 Å². The Bertz CT molecular complexity index is 741. The van der Waals surface area contributed by atoms with E-state index in [2.05, 4.69) is 55.7 Å². The van der Waals surface area contributed by atoms with Gasteiger partial charge in [0.25, 0.3) is 8.32 Å². The second kappa shape index (κ2) is 13.4. The summed E-state index contributed by atoms with van der Waals surface area (Å²) in [6, 6.07) is 20.4. The van der Waals surface area contributed by atoms with Gasteiger partial charge in [-0.05, 0) is 34.7 Å². The van der Waals surface area contributed by atoms with Crippen LogP contribution in [0.4, 0.5) is 4.79 Å². The number of unbranched alkanes of at least 4 members (excludes halogenated alkanes) is 5. The van der Waals surface area contributed by atoms with E-state index in [1.807, 2.05) is 36.4 Å². The van der Waals surface area contributed by atoms with Crippen molar-refractivity contribution in [1.82, 2.24) is 10.6 Å². The van der Waals surface area contributed by atoms with Crippen molar-refractivity contribution in [2.75, 3.05) is 13.1 Å². The van der Waals surface area contributed by atoms with Gasteiger partial charge in [-0.1, -0.05) is 114 Å². The second-order valence-electron chi connectivity index (χ2n) is 9.38. The number of nitrogens with one attached hydrogen (secondary N) is 2. The molecule has 32 heavy (non-hydrogen) atoms. The monoisotopic (exact) mass is 454 g/mol. The fraction of sp³-hybridized carbons (Fsp3) is 0.519. The summed E-state index contributed by atoms with van der Waals surface area (Å²) in [5, 5.41) is 7.83. The first kappa shape index (κ1) is 26.1. The SMILES string of the molecule is CCCCCNC(=O)NCCCCCCC(C)(C)[Si](O)(c1ccccc1)c1ccccc1. The molecule has 2 rings (SSSR count). The molecule has 0 bridgehead atoms. The van der Waals surface area contributed by atoms with Gasteiger partial charge in [0, 0.05) is 13.1 Å². The van der Waals surface area contributed by atoms with Crippen LogP contribution in [0.2, 0.25) is 5.04 Å². The van der Waals surface area contributed by atoms with Crippen LogP contribution in [0.25, 0.3) is 0 Å². The first-order valence-electron chi connectivity index (χ1n) is 12.3. The van der Waals surface area contributed by atoms with Crippen molar-refractivity contribution in [1.29, 1.82) is 0 Å². The van der Waals surface area contributed by atoms with Crippen molar-refractivity contribution in [3.63, 3.8) is 0 Å². The van der Waals surface area contributed by atoms with Crippen LogP contribution in [0.5, 0.6) is 0 Å². The first-order valence-corrected chi connectivity index (χ1v) is 14.2. The third-order valence-corrected chi connectivity index (χ3v) is 11.0. The highest BCUT2D eigenvalue weighted by Gasteiger charge is 2.49. The van der Waals surface area contributed by atoms with E-state index in [4.69, 9.17) is 0 Å². The lowest BCUT2D eigenvalue weighted by molar-refractivity contribution is 0.240. The Morgan fingerprint density at radius 2 is 1.25 bits per heavy atom. The number of carbonyl (C=O) groups is 1.